The van der Waals surface area contributed by atoms with Gasteiger partial charge in [-0.1, -0.05) is 0 Å². The highest BCUT2D eigenvalue weighted by Gasteiger charge is 2.04. The van der Waals surface area contributed by atoms with Gasteiger partial charge < -0.3 is 10.7 Å². The van der Waals surface area contributed by atoms with E-state index in [1.807, 2.05) is 13.8 Å². The summed E-state index contributed by atoms with van der Waals surface area (Å²) in [5.74, 6) is 0. The molecule has 4 heteroatoms. The van der Waals surface area contributed by atoms with Crippen LogP contribution in [0.3, 0.4) is 0 Å². The molecule has 0 fully saturated rings. The van der Waals surface area contributed by atoms with Crippen LogP contribution >= 0.6 is 0 Å². The standard InChI is InChI=1S/C9H15N3O/c1-6-8(4-3-5-10)7(2)12-9(13)11-6/h3-5,10H2,1-2H3,(H,11,12,13). The molecule has 0 saturated carbocycles. The molecule has 1 heterocycles. The van der Waals surface area contributed by atoms with Crippen molar-refractivity contribution in [3.05, 3.63) is 27.4 Å². The Kier molecular flexibility index (Phi) is 3.19. The predicted octanol–water partition coefficient (Wildman–Crippen LogP) is 0.278. The smallest absolute Gasteiger partial charge is 0.330 e. The largest absolute Gasteiger partial charge is 0.345 e. The van der Waals surface area contributed by atoms with Gasteiger partial charge in [0.25, 0.3) is 0 Å². The molecule has 0 spiro atoms. The van der Waals surface area contributed by atoms with Gasteiger partial charge in [-0.25, -0.2) is 4.79 Å². The number of nitrogens with two attached hydrogens (primary N) is 1. The first-order chi connectivity index (χ1) is 6.15. The maximum absolute atomic E-state index is 10.9. The van der Waals surface area contributed by atoms with Crippen molar-refractivity contribution >= 4 is 0 Å². The Hall–Kier alpha value is -1.16. The molecule has 0 bridgehead atoms. The van der Waals surface area contributed by atoms with Crippen molar-refractivity contribution in [2.24, 2.45) is 5.73 Å². The highest BCUT2D eigenvalue weighted by atomic mass is 16.1. The zero-order valence-corrected chi connectivity index (χ0v) is 8.05. The van der Waals surface area contributed by atoms with Crippen LogP contribution in [-0.4, -0.2) is 16.5 Å². The summed E-state index contributed by atoms with van der Waals surface area (Å²) in [6.45, 7) is 4.41. The Labute approximate surface area is 77.2 Å². The normalized spacial score (nSPS) is 10.4. The second kappa shape index (κ2) is 4.18. The minimum absolute atomic E-state index is 0.272. The molecule has 0 aromatic carbocycles. The van der Waals surface area contributed by atoms with Crippen molar-refractivity contribution in [1.29, 1.82) is 0 Å². The van der Waals surface area contributed by atoms with E-state index < -0.39 is 0 Å². The maximum Gasteiger partial charge on any atom is 0.345 e. The van der Waals surface area contributed by atoms with Crippen molar-refractivity contribution in [1.82, 2.24) is 9.97 Å². The van der Waals surface area contributed by atoms with Crippen molar-refractivity contribution in [3.8, 4) is 0 Å². The molecule has 1 rings (SSSR count). The van der Waals surface area contributed by atoms with Gasteiger partial charge >= 0.3 is 5.69 Å². The van der Waals surface area contributed by atoms with Crippen LogP contribution in [0.4, 0.5) is 0 Å². The Morgan fingerprint density at radius 2 is 2.15 bits per heavy atom. The van der Waals surface area contributed by atoms with Gasteiger partial charge in [-0.15, -0.1) is 0 Å². The fourth-order valence-corrected chi connectivity index (χ4v) is 1.40. The van der Waals surface area contributed by atoms with E-state index in [9.17, 15) is 4.79 Å². The van der Waals surface area contributed by atoms with Crippen LogP contribution in [0.2, 0.25) is 0 Å². The fourth-order valence-electron chi connectivity index (χ4n) is 1.40. The average molecular weight is 181 g/mol. The number of aromatic amines is 1. The molecule has 0 aliphatic rings. The molecule has 72 valence electrons. The van der Waals surface area contributed by atoms with Gasteiger partial charge in [-0.05, 0) is 38.8 Å². The maximum atomic E-state index is 10.9. The predicted molar refractivity (Wildman–Crippen MR) is 51.7 cm³/mol. The Morgan fingerprint density at radius 3 is 2.69 bits per heavy atom. The van der Waals surface area contributed by atoms with E-state index in [-0.39, 0.29) is 5.69 Å². The van der Waals surface area contributed by atoms with Gasteiger partial charge in [0.15, 0.2) is 0 Å². The number of hydrogen-bond acceptors (Lipinski definition) is 3. The fraction of sp³-hybridized carbons (Fsp3) is 0.556. The number of hydrogen-bond donors (Lipinski definition) is 2. The Morgan fingerprint density at radius 1 is 1.46 bits per heavy atom. The van der Waals surface area contributed by atoms with Crippen LogP contribution in [-0.2, 0) is 6.42 Å². The summed E-state index contributed by atoms with van der Waals surface area (Å²) in [4.78, 5) is 17.5. The number of H-pyrrole nitrogens is 1. The van der Waals surface area contributed by atoms with Crippen molar-refractivity contribution in [2.75, 3.05) is 6.54 Å². The molecule has 0 aliphatic carbocycles. The van der Waals surface area contributed by atoms with Crippen molar-refractivity contribution < 1.29 is 0 Å². The van der Waals surface area contributed by atoms with Crippen LogP contribution in [0.25, 0.3) is 0 Å². The van der Waals surface area contributed by atoms with Crippen molar-refractivity contribution in [3.63, 3.8) is 0 Å². The summed E-state index contributed by atoms with van der Waals surface area (Å²) >= 11 is 0. The van der Waals surface area contributed by atoms with Gasteiger partial charge in [0.05, 0.1) is 0 Å². The molecule has 0 radical (unpaired) electrons. The topological polar surface area (TPSA) is 71.8 Å². The lowest BCUT2D eigenvalue weighted by atomic mass is 10.1. The first kappa shape index (κ1) is 9.92. The average Bonchev–Trinajstić information content (AvgIpc) is 2.02. The zero-order valence-electron chi connectivity index (χ0n) is 8.05. The summed E-state index contributed by atoms with van der Waals surface area (Å²) in [5.41, 5.74) is 7.98. The van der Waals surface area contributed by atoms with Gasteiger partial charge in [-0.2, -0.15) is 4.98 Å². The van der Waals surface area contributed by atoms with E-state index in [0.717, 1.165) is 29.8 Å². The summed E-state index contributed by atoms with van der Waals surface area (Å²) in [6.07, 6.45) is 1.81. The van der Waals surface area contributed by atoms with Crippen LogP contribution in [0, 0.1) is 13.8 Å². The Bertz CT molecular complexity index is 317. The number of nitrogens with zero attached hydrogens (tertiary/aromatic N) is 1. The molecule has 0 unspecified atom stereocenters. The molecule has 0 atom stereocenters. The van der Waals surface area contributed by atoms with Gasteiger partial charge in [0.2, 0.25) is 0 Å². The first-order valence-corrected chi connectivity index (χ1v) is 4.41. The van der Waals surface area contributed by atoms with Gasteiger partial charge in [-0.3, -0.25) is 0 Å². The van der Waals surface area contributed by atoms with E-state index >= 15 is 0 Å². The molecular weight excluding hydrogens is 166 g/mol. The highest BCUT2D eigenvalue weighted by molar-refractivity contribution is 5.22. The minimum Gasteiger partial charge on any atom is -0.330 e. The van der Waals surface area contributed by atoms with Crippen LogP contribution in [0.15, 0.2) is 4.79 Å². The van der Waals surface area contributed by atoms with E-state index in [4.69, 9.17) is 5.73 Å². The molecule has 4 nitrogen and oxygen atoms in total. The molecule has 0 saturated heterocycles. The van der Waals surface area contributed by atoms with Crippen LogP contribution < -0.4 is 11.4 Å². The van der Waals surface area contributed by atoms with Crippen LogP contribution in [0.5, 0.6) is 0 Å². The zero-order chi connectivity index (χ0) is 9.84. The SMILES string of the molecule is Cc1nc(=O)[nH]c(C)c1CCCN. The summed E-state index contributed by atoms with van der Waals surface area (Å²) < 4.78 is 0. The minimum atomic E-state index is -0.272. The summed E-state index contributed by atoms with van der Waals surface area (Å²) in [7, 11) is 0. The van der Waals surface area contributed by atoms with Crippen molar-refractivity contribution in [2.45, 2.75) is 26.7 Å². The second-order valence-electron chi connectivity index (χ2n) is 3.12. The van der Waals surface area contributed by atoms with Gasteiger partial charge in [0, 0.05) is 11.4 Å². The third-order valence-electron chi connectivity index (χ3n) is 2.08. The first-order valence-electron chi connectivity index (χ1n) is 4.41. The third kappa shape index (κ3) is 2.39. The van der Waals surface area contributed by atoms with E-state index in [1.165, 1.54) is 0 Å². The highest BCUT2D eigenvalue weighted by Crippen LogP contribution is 2.08. The third-order valence-corrected chi connectivity index (χ3v) is 2.08. The number of nitrogens with one attached hydrogen (secondary N) is 1. The lowest BCUT2D eigenvalue weighted by Crippen LogP contribution is -2.16. The Balaban J connectivity index is 2.99. The van der Waals surface area contributed by atoms with Gasteiger partial charge in [0.1, 0.15) is 0 Å². The lowest BCUT2D eigenvalue weighted by Gasteiger charge is -2.06. The molecule has 13 heavy (non-hydrogen) atoms. The molecule has 0 amide bonds. The van der Waals surface area contributed by atoms with E-state index in [2.05, 4.69) is 9.97 Å². The monoisotopic (exact) mass is 181 g/mol. The number of rotatable bonds is 3. The summed E-state index contributed by atoms with van der Waals surface area (Å²) in [5, 5.41) is 0. The summed E-state index contributed by atoms with van der Waals surface area (Å²) in [6, 6.07) is 0. The molecular formula is C9H15N3O. The molecule has 0 aliphatic heterocycles. The quantitative estimate of drug-likeness (QED) is 0.703. The van der Waals surface area contributed by atoms with E-state index in [1.54, 1.807) is 0 Å². The molecule has 1 aromatic rings. The second-order valence-corrected chi connectivity index (χ2v) is 3.12. The number of aromatic nitrogens is 2. The number of aryl methyl sites for hydroxylation is 2. The lowest BCUT2D eigenvalue weighted by molar-refractivity contribution is 0.798. The van der Waals surface area contributed by atoms with Crippen LogP contribution in [0.1, 0.15) is 23.4 Å². The molecule has 3 N–H and O–H groups in total. The van der Waals surface area contributed by atoms with E-state index in [0.29, 0.717) is 6.54 Å². The molecule has 1 aromatic heterocycles.